The number of carbonyl (C=O) groups excluding carboxylic acids is 3. The van der Waals surface area contributed by atoms with Crippen molar-refractivity contribution >= 4 is 17.9 Å². The molecule has 0 aromatic carbocycles. The van der Waals surface area contributed by atoms with E-state index in [9.17, 15) is 14.4 Å². The Balaban J connectivity index is 4.59. The Kier molecular flexibility index (Phi) is 54.0. The highest BCUT2D eigenvalue weighted by Crippen LogP contribution is 2.13. The van der Waals surface area contributed by atoms with E-state index >= 15 is 0 Å². The minimum atomic E-state index is -0.831. The monoisotopic (exact) mass is 979 g/mol. The van der Waals surface area contributed by atoms with Gasteiger partial charge in [0.05, 0.1) is 0 Å². The number of unbranched alkanes of at least 4 members (excludes halogenated alkanes) is 14. The van der Waals surface area contributed by atoms with Crippen LogP contribution in [0.1, 0.15) is 226 Å². The van der Waals surface area contributed by atoms with Crippen LogP contribution >= 0.6 is 0 Å². The van der Waals surface area contributed by atoms with E-state index in [1.807, 2.05) is 12.2 Å². The molecule has 0 bridgehead atoms. The van der Waals surface area contributed by atoms with E-state index in [0.717, 1.165) is 116 Å². The van der Waals surface area contributed by atoms with E-state index in [1.54, 1.807) is 0 Å². The Labute approximate surface area is 436 Å². The van der Waals surface area contributed by atoms with Crippen LogP contribution in [0.5, 0.6) is 0 Å². The van der Waals surface area contributed by atoms with Crippen molar-refractivity contribution in [3.63, 3.8) is 0 Å². The van der Waals surface area contributed by atoms with Crippen LogP contribution in [0, 0.1) is 0 Å². The van der Waals surface area contributed by atoms with Gasteiger partial charge in [0.2, 0.25) is 0 Å². The van der Waals surface area contributed by atoms with Gasteiger partial charge in [-0.3, -0.25) is 14.4 Å². The highest BCUT2D eigenvalue weighted by molar-refractivity contribution is 5.71. The number of hydrogen-bond acceptors (Lipinski definition) is 6. The molecule has 0 aliphatic heterocycles. The summed E-state index contributed by atoms with van der Waals surface area (Å²) in [6.45, 7) is 6.29. The Morgan fingerprint density at radius 1 is 0.296 bits per heavy atom. The van der Waals surface area contributed by atoms with Gasteiger partial charge in [-0.25, -0.2) is 0 Å². The third-order valence-electron chi connectivity index (χ3n) is 11.3. The van der Waals surface area contributed by atoms with Crippen molar-refractivity contribution in [3.05, 3.63) is 146 Å². The summed E-state index contributed by atoms with van der Waals surface area (Å²) in [6, 6.07) is 0. The summed E-state index contributed by atoms with van der Waals surface area (Å²) >= 11 is 0. The fourth-order valence-electron chi connectivity index (χ4n) is 7.13. The van der Waals surface area contributed by atoms with Crippen molar-refractivity contribution in [2.24, 2.45) is 0 Å². The summed E-state index contributed by atoms with van der Waals surface area (Å²) in [5, 5.41) is 0. The molecule has 0 N–H and O–H groups in total. The van der Waals surface area contributed by atoms with Crippen LogP contribution < -0.4 is 0 Å². The number of carbonyl (C=O) groups is 3. The summed E-state index contributed by atoms with van der Waals surface area (Å²) in [4.78, 5) is 38.1. The fourth-order valence-corrected chi connectivity index (χ4v) is 7.13. The summed E-state index contributed by atoms with van der Waals surface area (Å²) in [5.41, 5.74) is 0. The van der Waals surface area contributed by atoms with Gasteiger partial charge in [0.1, 0.15) is 13.2 Å². The minimum absolute atomic E-state index is 0.126. The second-order valence-corrected chi connectivity index (χ2v) is 18.1. The molecule has 0 saturated carbocycles. The average molecular weight is 980 g/mol. The van der Waals surface area contributed by atoms with Gasteiger partial charge >= 0.3 is 17.9 Å². The van der Waals surface area contributed by atoms with Gasteiger partial charge in [-0.2, -0.15) is 0 Å². The number of esters is 3. The lowest BCUT2D eigenvalue weighted by Crippen LogP contribution is -2.30. The third-order valence-corrected chi connectivity index (χ3v) is 11.3. The van der Waals surface area contributed by atoms with Gasteiger partial charge in [-0.05, 0) is 128 Å². The average Bonchev–Trinajstić information content (AvgIpc) is 3.37. The number of ether oxygens (including phenoxy) is 3. The molecular formula is C65H102O6. The van der Waals surface area contributed by atoms with Crippen LogP contribution in [-0.2, 0) is 28.6 Å². The zero-order valence-corrected chi connectivity index (χ0v) is 45.4. The van der Waals surface area contributed by atoms with E-state index in [0.29, 0.717) is 19.3 Å². The summed E-state index contributed by atoms with van der Waals surface area (Å²) in [6.07, 6.45) is 82.7. The second kappa shape index (κ2) is 57.9. The van der Waals surface area contributed by atoms with Crippen molar-refractivity contribution in [2.45, 2.75) is 232 Å². The van der Waals surface area contributed by atoms with Crippen LogP contribution in [0.4, 0.5) is 0 Å². The molecular weight excluding hydrogens is 877 g/mol. The van der Waals surface area contributed by atoms with E-state index < -0.39 is 6.10 Å². The molecule has 0 aromatic heterocycles. The first-order valence-corrected chi connectivity index (χ1v) is 28.3. The predicted molar refractivity (Wildman–Crippen MR) is 306 cm³/mol. The molecule has 6 nitrogen and oxygen atoms in total. The zero-order valence-electron chi connectivity index (χ0n) is 45.4. The van der Waals surface area contributed by atoms with Crippen LogP contribution in [0.25, 0.3) is 0 Å². The molecule has 0 aliphatic carbocycles. The maximum Gasteiger partial charge on any atom is 0.306 e. The van der Waals surface area contributed by atoms with Crippen molar-refractivity contribution in [2.75, 3.05) is 13.2 Å². The summed E-state index contributed by atoms with van der Waals surface area (Å²) in [5.74, 6) is -1.05. The Bertz CT molecular complexity index is 1590. The Morgan fingerprint density at radius 3 is 0.972 bits per heavy atom. The summed E-state index contributed by atoms with van der Waals surface area (Å²) in [7, 11) is 0. The first kappa shape index (κ1) is 66.3. The lowest BCUT2D eigenvalue weighted by molar-refractivity contribution is -0.166. The maximum atomic E-state index is 12.8. The highest BCUT2D eigenvalue weighted by Gasteiger charge is 2.19. The van der Waals surface area contributed by atoms with Crippen molar-refractivity contribution < 1.29 is 28.6 Å². The Hall–Kier alpha value is -4.71. The molecule has 0 aliphatic rings. The van der Waals surface area contributed by atoms with E-state index in [2.05, 4.69) is 154 Å². The number of rotatable bonds is 49. The quantitative estimate of drug-likeness (QED) is 0.0262. The van der Waals surface area contributed by atoms with E-state index in [1.165, 1.54) is 64.2 Å². The minimum Gasteiger partial charge on any atom is -0.462 e. The molecule has 0 amide bonds. The molecule has 398 valence electrons. The first-order valence-electron chi connectivity index (χ1n) is 28.3. The lowest BCUT2D eigenvalue weighted by atomic mass is 10.1. The molecule has 0 rings (SSSR count). The Morgan fingerprint density at radius 2 is 0.577 bits per heavy atom. The van der Waals surface area contributed by atoms with Gasteiger partial charge < -0.3 is 14.2 Å². The molecule has 0 saturated heterocycles. The van der Waals surface area contributed by atoms with Crippen LogP contribution in [-0.4, -0.2) is 37.2 Å². The van der Waals surface area contributed by atoms with Crippen molar-refractivity contribution in [1.29, 1.82) is 0 Å². The summed E-state index contributed by atoms with van der Waals surface area (Å²) < 4.78 is 16.8. The van der Waals surface area contributed by atoms with Crippen LogP contribution in [0.2, 0.25) is 0 Å². The molecule has 0 radical (unpaired) electrons. The standard InChI is InChI=1S/C65H102O6/c1-4-7-10-13-16-19-22-25-28-30-32-34-37-39-42-45-48-51-54-57-63(66)69-60-62(71-65(68)59-56-53-50-47-44-41-36-27-24-21-18-15-12-9-6-3)61-70-64(67)58-55-52-49-46-43-40-38-35-33-31-29-26-23-20-17-14-11-8-5-2/h7-8,10-11,16-17,19-21,24-26,28-29,32-35,39-40,42-43,48,51,62H,4-6,9,12-15,18,22-23,27,30-31,36-38,41,44-47,49-50,52-61H2,1-3H3/b10-7-,11-8-,19-16-,20-17-,24-21-,28-25-,29-26-,34-32-,35-33-,42-39-,43-40-,51-48-/t62-/m1/s1. The SMILES string of the molecule is CC/C=C\C/C=C\C/C=C\C/C=C\C/C=C\C/C=C\CCC(=O)OC[C@H](COC(=O)CCCCC/C=C\C/C=C\C/C=C\C/C=C\C/C=C\CC)OC(=O)CCCCCCCCC/C=C\CCCCCC. The lowest BCUT2D eigenvalue weighted by Gasteiger charge is -2.18. The van der Waals surface area contributed by atoms with Gasteiger partial charge in [0, 0.05) is 19.3 Å². The molecule has 0 fully saturated rings. The topological polar surface area (TPSA) is 78.9 Å². The maximum absolute atomic E-state index is 12.8. The van der Waals surface area contributed by atoms with Crippen LogP contribution in [0.15, 0.2) is 146 Å². The van der Waals surface area contributed by atoms with E-state index in [-0.39, 0.29) is 37.5 Å². The predicted octanol–water partition coefficient (Wildman–Crippen LogP) is 19.2. The smallest absolute Gasteiger partial charge is 0.306 e. The highest BCUT2D eigenvalue weighted by atomic mass is 16.6. The third kappa shape index (κ3) is 56.1. The van der Waals surface area contributed by atoms with Crippen molar-refractivity contribution in [1.82, 2.24) is 0 Å². The van der Waals surface area contributed by atoms with Gasteiger partial charge in [0.25, 0.3) is 0 Å². The van der Waals surface area contributed by atoms with E-state index in [4.69, 9.17) is 14.2 Å². The molecule has 0 unspecified atom stereocenters. The fraction of sp³-hybridized carbons (Fsp3) is 0.585. The normalized spacial score (nSPS) is 13.2. The molecule has 6 heteroatoms. The number of allylic oxidation sites excluding steroid dienone is 24. The molecule has 1 atom stereocenters. The van der Waals surface area contributed by atoms with Gasteiger partial charge in [-0.15, -0.1) is 0 Å². The molecule has 71 heavy (non-hydrogen) atoms. The molecule has 0 spiro atoms. The number of hydrogen-bond donors (Lipinski definition) is 0. The zero-order chi connectivity index (χ0) is 51.4. The van der Waals surface area contributed by atoms with Crippen molar-refractivity contribution in [3.8, 4) is 0 Å². The largest absolute Gasteiger partial charge is 0.462 e. The first-order chi connectivity index (χ1) is 35.0. The van der Waals surface area contributed by atoms with Gasteiger partial charge in [-0.1, -0.05) is 224 Å². The second-order valence-electron chi connectivity index (χ2n) is 18.1. The molecule has 0 heterocycles. The molecule has 0 aromatic rings. The van der Waals surface area contributed by atoms with Crippen LogP contribution in [0.3, 0.4) is 0 Å². The van der Waals surface area contributed by atoms with Gasteiger partial charge in [0.15, 0.2) is 6.10 Å².